The molecule has 0 spiro atoms. The minimum atomic E-state index is -0.933. The van der Waals surface area contributed by atoms with E-state index in [1.165, 1.54) is 6.08 Å². The maximum Gasteiger partial charge on any atom is 0.492 e. The van der Waals surface area contributed by atoms with Crippen LogP contribution < -0.4 is 5.32 Å². The predicted octanol–water partition coefficient (Wildman–Crippen LogP) is 6.39. The Morgan fingerprint density at radius 1 is 1.00 bits per heavy atom. The van der Waals surface area contributed by atoms with Crippen LogP contribution in [0.5, 0.6) is 0 Å². The van der Waals surface area contributed by atoms with Gasteiger partial charge in [-0.2, -0.15) is 5.26 Å². The van der Waals surface area contributed by atoms with Crippen LogP contribution >= 0.6 is 0 Å². The molecule has 3 aromatic carbocycles. The second kappa shape index (κ2) is 10.5. The van der Waals surface area contributed by atoms with Crippen molar-refractivity contribution in [2.45, 2.75) is 44.8 Å². The third-order valence-corrected chi connectivity index (χ3v) is 7.88. The van der Waals surface area contributed by atoms with Crippen LogP contribution in [0.4, 0.5) is 13.6 Å². The number of rotatable bonds is 6. The zero-order chi connectivity index (χ0) is 28.7. The molecule has 2 aliphatic rings. The Balaban J connectivity index is 1.34. The molecular formula is C31H29BF2N2O4. The van der Waals surface area contributed by atoms with E-state index in [4.69, 9.17) is 19.3 Å². The maximum absolute atomic E-state index is 14.7. The molecular weight excluding hydrogens is 513 g/mol. The number of amides is 1. The number of nitriles is 1. The normalized spacial score (nSPS) is 17.2. The number of hydrogen-bond donors (Lipinski definition) is 1. The topological polar surface area (TPSA) is 80.6 Å². The van der Waals surface area contributed by atoms with Crippen molar-refractivity contribution in [3.8, 4) is 17.2 Å². The molecule has 204 valence electrons. The third kappa shape index (κ3) is 5.13. The number of benzene rings is 3. The smallest absolute Gasteiger partial charge is 0.449 e. The summed E-state index contributed by atoms with van der Waals surface area (Å²) in [6.07, 6.45) is 0.696. The number of halogens is 2. The minimum Gasteiger partial charge on any atom is -0.449 e. The SMILES string of the molecule is CC1(C)OB(C(=Cc2cc(F)c(C#N)cc2F)CNC(=O)OCC2c3ccccc3-c3ccccc32)OC1(C)C. The lowest BCUT2D eigenvalue weighted by Crippen LogP contribution is -2.41. The molecule has 1 fully saturated rings. The Morgan fingerprint density at radius 2 is 1.57 bits per heavy atom. The van der Waals surface area contributed by atoms with Crippen molar-refractivity contribution in [2.24, 2.45) is 0 Å². The van der Waals surface area contributed by atoms with Gasteiger partial charge in [0.2, 0.25) is 0 Å². The first-order chi connectivity index (χ1) is 19.0. The summed E-state index contributed by atoms with van der Waals surface area (Å²) >= 11 is 0. The van der Waals surface area contributed by atoms with E-state index in [0.717, 1.165) is 34.4 Å². The first-order valence-electron chi connectivity index (χ1n) is 13.0. The van der Waals surface area contributed by atoms with Crippen LogP contribution in [0.2, 0.25) is 0 Å². The van der Waals surface area contributed by atoms with E-state index in [1.54, 1.807) is 6.07 Å². The van der Waals surface area contributed by atoms with E-state index in [0.29, 0.717) is 5.47 Å². The molecule has 1 aliphatic heterocycles. The van der Waals surface area contributed by atoms with Gasteiger partial charge in [0.1, 0.15) is 24.3 Å². The highest BCUT2D eigenvalue weighted by Crippen LogP contribution is 2.44. The third-order valence-electron chi connectivity index (χ3n) is 7.88. The van der Waals surface area contributed by atoms with Gasteiger partial charge in [0, 0.05) is 18.0 Å². The van der Waals surface area contributed by atoms with Gasteiger partial charge in [-0.15, -0.1) is 0 Å². The first kappa shape index (κ1) is 27.6. The number of nitrogens with one attached hydrogen (secondary N) is 1. The molecule has 1 aliphatic carbocycles. The van der Waals surface area contributed by atoms with Crippen molar-refractivity contribution >= 4 is 19.3 Å². The fourth-order valence-electron chi connectivity index (χ4n) is 4.98. The number of carbonyl (C=O) groups excluding carboxylic acids is 1. The number of fused-ring (bicyclic) bond motifs is 3. The lowest BCUT2D eigenvalue weighted by molar-refractivity contribution is 0.00578. The second-order valence-electron chi connectivity index (χ2n) is 11.0. The van der Waals surface area contributed by atoms with Gasteiger partial charge in [-0.3, -0.25) is 0 Å². The highest BCUT2D eigenvalue weighted by molar-refractivity contribution is 6.56. The van der Waals surface area contributed by atoms with Crippen molar-refractivity contribution in [2.75, 3.05) is 13.2 Å². The standard InChI is InChI=1S/C31H29BF2N2O4/c1-30(2)31(3,4)40-32(39-30)21(13-19-14-28(34)20(16-35)15-27(19)33)17-36-29(37)38-18-26-24-11-7-5-9-22(24)23-10-6-8-12-25(23)26/h5-15,26H,17-18H2,1-4H3,(H,36,37). The average molecular weight is 542 g/mol. The van der Waals surface area contributed by atoms with Gasteiger partial charge in [-0.05, 0) is 67.6 Å². The van der Waals surface area contributed by atoms with E-state index in [-0.39, 0.29) is 24.6 Å². The Labute approximate surface area is 232 Å². The highest BCUT2D eigenvalue weighted by atomic mass is 19.1. The fraction of sp³-hybridized carbons (Fsp3) is 0.290. The van der Waals surface area contributed by atoms with Crippen LogP contribution in [0.1, 0.15) is 55.9 Å². The number of hydrogen-bond acceptors (Lipinski definition) is 5. The summed E-state index contributed by atoms with van der Waals surface area (Å²) in [6, 6.07) is 19.5. The van der Waals surface area contributed by atoms with Crippen LogP contribution in [-0.4, -0.2) is 37.6 Å². The fourth-order valence-corrected chi connectivity index (χ4v) is 4.98. The Bertz CT molecular complexity index is 1490. The Morgan fingerprint density at radius 3 is 2.15 bits per heavy atom. The van der Waals surface area contributed by atoms with Crippen LogP contribution in [0.25, 0.3) is 17.2 Å². The Hall–Kier alpha value is -4.00. The summed E-state index contributed by atoms with van der Waals surface area (Å²) in [4.78, 5) is 12.8. The van der Waals surface area contributed by atoms with E-state index >= 15 is 0 Å². The number of nitrogens with zero attached hydrogens (tertiary/aromatic N) is 1. The first-order valence-corrected chi connectivity index (χ1v) is 13.0. The van der Waals surface area contributed by atoms with Gasteiger partial charge in [0.15, 0.2) is 0 Å². The molecule has 1 heterocycles. The summed E-state index contributed by atoms with van der Waals surface area (Å²) in [5.41, 5.74) is 2.88. The van der Waals surface area contributed by atoms with Crippen LogP contribution in [0.15, 0.2) is 66.1 Å². The zero-order valence-corrected chi connectivity index (χ0v) is 22.8. The monoisotopic (exact) mass is 542 g/mol. The second-order valence-corrected chi connectivity index (χ2v) is 11.0. The summed E-state index contributed by atoms with van der Waals surface area (Å²) in [5, 5.41) is 11.7. The molecule has 6 nitrogen and oxygen atoms in total. The van der Waals surface area contributed by atoms with E-state index in [1.807, 2.05) is 64.1 Å². The van der Waals surface area contributed by atoms with Crippen LogP contribution in [0.3, 0.4) is 0 Å². The van der Waals surface area contributed by atoms with Gasteiger partial charge < -0.3 is 19.4 Å². The van der Waals surface area contributed by atoms with Gasteiger partial charge in [-0.1, -0.05) is 54.6 Å². The largest absolute Gasteiger partial charge is 0.492 e. The molecule has 5 rings (SSSR count). The van der Waals surface area contributed by atoms with E-state index in [2.05, 4.69) is 17.4 Å². The van der Waals surface area contributed by atoms with Crippen LogP contribution in [-0.2, 0) is 14.0 Å². The molecule has 3 aromatic rings. The van der Waals surface area contributed by atoms with Crippen molar-refractivity contribution in [3.63, 3.8) is 0 Å². The molecule has 0 unspecified atom stereocenters. The number of carbonyl (C=O) groups is 1. The average Bonchev–Trinajstić information content (AvgIpc) is 3.35. The molecule has 9 heteroatoms. The molecule has 1 saturated heterocycles. The van der Waals surface area contributed by atoms with Crippen molar-refractivity contribution in [3.05, 3.63) is 100 Å². The zero-order valence-electron chi connectivity index (χ0n) is 22.8. The van der Waals surface area contributed by atoms with Gasteiger partial charge in [-0.25, -0.2) is 13.6 Å². The van der Waals surface area contributed by atoms with Gasteiger partial charge >= 0.3 is 13.2 Å². The van der Waals surface area contributed by atoms with E-state index in [9.17, 15) is 13.6 Å². The molecule has 0 bridgehead atoms. The highest BCUT2D eigenvalue weighted by Gasteiger charge is 2.52. The number of ether oxygens (including phenoxy) is 1. The van der Waals surface area contributed by atoms with Crippen molar-refractivity contribution in [1.29, 1.82) is 5.26 Å². The molecule has 1 amide bonds. The molecule has 0 saturated carbocycles. The summed E-state index contributed by atoms with van der Waals surface area (Å²) in [7, 11) is -0.933. The van der Waals surface area contributed by atoms with Gasteiger partial charge in [0.25, 0.3) is 0 Å². The van der Waals surface area contributed by atoms with Gasteiger partial charge in [0.05, 0.1) is 16.8 Å². The van der Waals surface area contributed by atoms with Crippen molar-refractivity contribution in [1.82, 2.24) is 5.32 Å². The van der Waals surface area contributed by atoms with Crippen LogP contribution in [0, 0.1) is 23.0 Å². The Kier molecular flexibility index (Phi) is 7.26. The predicted molar refractivity (Wildman–Crippen MR) is 148 cm³/mol. The molecule has 40 heavy (non-hydrogen) atoms. The molecule has 0 aromatic heterocycles. The lowest BCUT2D eigenvalue weighted by Gasteiger charge is -2.32. The molecule has 0 atom stereocenters. The van der Waals surface area contributed by atoms with Crippen molar-refractivity contribution < 1.29 is 27.6 Å². The quantitative estimate of drug-likeness (QED) is 0.365. The molecule has 1 N–H and O–H groups in total. The summed E-state index contributed by atoms with van der Waals surface area (Å²) in [6.45, 7) is 7.49. The molecule has 0 radical (unpaired) electrons. The lowest BCUT2D eigenvalue weighted by atomic mass is 9.77. The minimum absolute atomic E-state index is 0.101. The van der Waals surface area contributed by atoms with E-state index < -0.39 is 41.6 Å². The summed E-state index contributed by atoms with van der Waals surface area (Å²) in [5.74, 6) is -1.74. The number of alkyl carbamates (subject to hydrolysis) is 1. The maximum atomic E-state index is 14.7. The summed E-state index contributed by atoms with van der Waals surface area (Å²) < 4.78 is 46.9.